The second-order valence-electron chi connectivity index (χ2n) is 7.29. The lowest BCUT2D eigenvalue weighted by molar-refractivity contribution is 0.133. The first kappa shape index (κ1) is 19.9. The molecule has 2 aromatic rings. The molecule has 1 aliphatic carbocycles. The van der Waals surface area contributed by atoms with Gasteiger partial charge in [0.1, 0.15) is 6.10 Å². The van der Waals surface area contributed by atoms with Gasteiger partial charge in [-0.05, 0) is 79.1 Å². The minimum atomic E-state index is 0.113. The van der Waals surface area contributed by atoms with Gasteiger partial charge in [0.15, 0.2) is 0 Å². The summed E-state index contributed by atoms with van der Waals surface area (Å²) in [4.78, 5) is 11.2. The van der Waals surface area contributed by atoms with Crippen LogP contribution < -0.4 is 4.74 Å². The van der Waals surface area contributed by atoms with Gasteiger partial charge in [-0.15, -0.1) is 0 Å². The van der Waals surface area contributed by atoms with E-state index in [1.54, 1.807) is 0 Å². The average Bonchev–Trinajstić information content (AvgIpc) is 2.68. The molecule has 5 heteroatoms. The van der Waals surface area contributed by atoms with E-state index >= 15 is 0 Å². The van der Waals surface area contributed by atoms with Gasteiger partial charge in [0.25, 0.3) is 0 Å². The number of aromatic nitrogens is 1. The molecule has 0 spiro atoms. The van der Waals surface area contributed by atoms with Crippen molar-refractivity contribution in [1.82, 2.24) is 9.88 Å². The van der Waals surface area contributed by atoms with E-state index in [1.807, 2.05) is 31.3 Å². The van der Waals surface area contributed by atoms with Crippen molar-refractivity contribution >= 4 is 28.0 Å². The Hall–Kier alpha value is -1.88. The molecule has 1 aliphatic rings. The largest absolute Gasteiger partial charge is 0.474 e. The summed E-state index contributed by atoms with van der Waals surface area (Å²) in [5.74, 6) is 1.16. The predicted molar refractivity (Wildman–Crippen MR) is 115 cm³/mol. The quantitative estimate of drug-likeness (QED) is 0.459. The molecule has 27 heavy (non-hydrogen) atoms. The number of pyridine rings is 1. The van der Waals surface area contributed by atoms with Crippen LogP contribution in [0.3, 0.4) is 0 Å². The number of benzene rings is 1. The molecule has 1 aromatic heterocycles. The van der Waals surface area contributed by atoms with E-state index in [9.17, 15) is 0 Å². The summed E-state index contributed by atoms with van der Waals surface area (Å²) in [5, 5.41) is 0. The highest BCUT2D eigenvalue weighted by Crippen LogP contribution is 2.33. The minimum absolute atomic E-state index is 0.113. The molecule has 4 nitrogen and oxygen atoms in total. The summed E-state index contributed by atoms with van der Waals surface area (Å²) in [6.07, 6.45) is 5.29. The molecular weight excluding hydrogens is 402 g/mol. The van der Waals surface area contributed by atoms with Crippen molar-refractivity contribution in [3.8, 4) is 5.88 Å². The Morgan fingerprint density at radius 3 is 2.85 bits per heavy atom. The van der Waals surface area contributed by atoms with Crippen LogP contribution in [-0.2, 0) is 12.8 Å². The average molecular weight is 430 g/mol. The molecule has 2 atom stereocenters. The predicted octanol–water partition coefficient (Wildman–Crippen LogP) is 5.34. The third-order valence-electron chi connectivity index (χ3n) is 5.35. The molecular formula is C22H28BrN3O. The highest BCUT2D eigenvalue weighted by atomic mass is 79.9. The number of hydrogen-bond donors (Lipinski definition) is 0. The molecule has 0 amide bonds. The number of rotatable bonds is 6. The summed E-state index contributed by atoms with van der Waals surface area (Å²) in [6.45, 7) is 7.14. The normalized spacial score (nSPS) is 17.6. The van der Waals surface area contributed by atoms with Crippen LogP contribution in [0.15, 0.2) is 39.8 Å². The van der Waals surface area contributed by atoms with Crippen LogP contribution in [0.1, 0.15) is 37.1 Å². The van der Waals surface area contributed by atoms with Crippen LogP contribution in [-0.4, -0.2) is 35.9 Å². The zero-order chi connectivity index (χ0) is 19.4. The first-order chi connectivity index (χ1) is 13.0. The van der Waals surface area contributed by atoms with Crippen LogP contribution in [0.5, 0.6) is 5.88 Å². The number of aryl methyl sites for hydroxylation is 2. The maximum Gasteiger partial charge on any atom is 0.228 e. The first-order valence-electron chi connectivity index (χ1n) is 9.63. The third-order valence-corrected chi connectivity index (χ3v) is 5.91. The van der Waals surface area contributed by atoms with Gasteiger partial charge in [-0.1, -0.05) is 24.3 Å². The van der Waals surface area contributed by atoms with Crippen molar-refractivity contribution in [2.45, 2.75) is 46.1 Å². The molecule has 1 aromatic carbocycles. The summed E-state index contributed by atoms with van der Waals surface area (Å²) in [5.41, 5.74) is 4.66. The fourth-order valence-corrected chi connectivity index (χ4v) is 3.80. The topological polar surface area (TPSA) is 37.7 Å². The Bertz CT molecular complexity index is 821. The summed E-state index contributed by atoms with van der Waals surface area (Å²) < 4.78 is 7.11. The highest BCUT2D eigenvalue weighted by Gasteiger charge is 2.25. The Labute approximate surface area is 170 Å². The number of halogens is 1. The molecule has 0 bridgehead atoms. The molecule has 1 heterocycles. The number of hydrogen-bond acceptors (Lipinski definition) is 3. The Balaban J connectivity index is 1.70. The second-order valence-corrected chi connectivity index (χ2v) is 8.15. The zero-order valence-corrected chi connectivity index (χ0v) is 18.2. The van der Waals surface area contributed by atoms with Crippen LogP contribution in [0, 0.1) is 12.8 Å². The van der Waals surface area contributed by atoms with Crippen molar-refractivity contribution in [2.75, 3.05) is 13.6 Å². The number of ether oxygens (including phenoxy) is 1. The molecule has 0 fully saturated rings. The monoisotopic (exact) mass is 429 g/mol. The second kappa shape index (κ2) is 8.87. The van der Waals surface area contributed by atoms with E-state index in [0.29, 0.717) is 11.8 Å². The van der Waals surface area contributed by atoms with Gasteiger partial charge in [0, 0.05) is 13.6 Å². The molecule has 0 aliphatic heterocycles. The maximum atomic E-state index is 6.26. The van der Waals surface area contributed by atoms with E-state index in [2.05, 4.69) is 64.0 Å². The summed E-state index contributed by atoms with van der Waals surface area (Å²) in [7, 11) is 2.00. The van der Waals surface area contributed by atoms with E-state index < -0.39 is 0 Å². The van der Waals surface area contributed by atoms with E-state index in [4.69, 9.17) is 4.74 Å². The summed E-state index contributed by atoms with van der Waals surface area (Å²) >= 11 is 3.61. The van der Waals surface area contributed by atoms with Gasteiger partial charge in [-0.25, -0.2) is 9.98 Å². The molecule has 0 N–H and O–H groups in total. The third kappa shape index (κ3) is 4.89. The Kier molecular flexibility index (Phi) is 6.53. The van der Waals surface area contributed by atoms with Gasteiger partial charge in [0.2, 0.25) is 5.88 Å². The van der Waals surface area contributed by atoms with Gasteiger partial charge in [-0.2, -0.15) is 0 Å². The number of nitrogens with zero attached hydrogens (tertiary/aromatic N) is 3. The van der Waals surface area contributed by atoms with Crippen molar-refractivity contribution < 1.29 is 4.74 Å². The van der Waals surface area contributed by atoms with Crippen LogP contribution in [0.2, 0.25) is 0 Å². The number of aliphatic imine (C=N–C) groups is 1. The molecule has 0 saturated carbocycles. The highest BCUT2D eigenvalue weighted by molar-refractivity contribution is 9.10. The lowest BCUT2D eigenvalue weighted by Gasteiger charge is -2.29. The van der Waals surface area contributed by atoms with Gasteiger partial charge >= 0.3 is 0 Å². The van der Waals surface area contributed by atoms with Gasteiger partial charge < -0.3 is 9.64 Å². The lowest BCUT2D eigenvalue weighted by atomic mass is 9.81. The van der Waals surface area contributed by atoms with E-state index in [0.717, 1.165) is 41.7 Å². The number of fused-ring (bicyclic) bond motifs is 1. The standard InChI is InChI=1S/C22H28BrN3O/c1-5-26(4)14-24-21-13-20(23)22(25-15(21)2)27-16(3)18-11-10-17-8-6-7-9-19(17)12-18/h6-9,13-14,16,18H,5,10-12H2,1-4H3/b24-14+. The molecule has 3 rings (SSSR count). The van der Waals surface area contributed by atoms with Crippen molar-refractivity contribution in [1.29, 1.82) is 0 Å². The first-order valence-corrected chi connectivity index (χ1v) is 10.4. The van der Waals surface area contributed by atoms with Crippen LogP contribution in [0.4, 0.5) is 5.69 Å². The molecule has 0 saturated heterocycles. The SMILES string of the molecule is CCN(C)/C=N/c1cc(Br)c(OC(C)C2CCc3ccccc3C2)nc1C. The van der Waals surface area contributed by atoms with Crippen molar-refractivity contribution in [2.24, 2.45) is 10.9 Å². The lowest BCUT2D eigenvalue weighted by Crippen LogP contribution is -2.29. The summed E-state index contributed by atoms with van der Waals surface area (Å²) in [6, 6.07) is 10.7. The van der Waals surface area contributed by atoms with E-state index in [1.165, 1.54) is 11.1 Å². The van der Waals surface area contributed by atoms with Crippen molar-refractivity contribution in [3.63, 3.8) is 0 Å². The smallest absolute Gasteiger partial charge is 0.228 e. The van der Waals surface area contributed by atoms with Crippen molar-refractivity contribution in [3.05, 3.63) is 51.6 Å². The molecule has 144 valence electrons. The molecule has 2 unspecified atom stereocenters. The van der Waals surface area contributed by atoms with Gasteiger partial charge in [0.05, 0.1) is 22.2 Å². The van der Waals surface area contributed by atoms with Gasteiger partial charge in [-0.3, -0.25) is 0 Å². The molecule has 0 radical (unpaired) electrons. The van der Waals surface area contributed by atoms with Crippen LogP contribution >= 0.6 is 15.9 Å². The van der Waals surface area contributed by atoms with E-state index in [-0.39, 0.29) is 6.10 Å². The Morgan fingerprint density at radius 1 is 1.37 bits per heavy atom. The zero-order valence-electron chi connectivity index (χ0n) is 16.6. The Morgan fingerprint density at radius 2 is 2.11 bits per heavy atom. The maximum absolute atomic E-state index is 6.26. The van der Waals surface area contributed by atoms with Crippen LogP contribution in [0.25, 0.3) is 0 Å². The fraction of sp³-hybridized carbons (Fsp3) is 0.455. The fourth-order valence-electron chi connectivity index (χ4n) is 3.40. The minimum Gasteiger partial charge on any atom is -0.474 e.